The largest absolute Gasteiger partial charge is 0.407 e. The Bertz CT molecular complexity index is 1880. The van der Waals surface area contributed by atoms with E-state index in [0.29, 0.717) is 36.2 Å². The molecule has 262 valence electrons. The number of hydrogen-bond donors (Lipinski definition) is 4. The Morgan fingerprint density at radius 1 is 1.06 bits per heavy atom. The number of imide groups is 1. The Morgan fingerprint density at radius 2 is 1.78 bits per heavy atom. The van der Waals surface area contributed by atoms with Gasteiger partial charge in [0.05, 0.1) is 48.4 Å². The summed E-state index contributed by atoms with van der Waals surface area (Å²) in [5, 5.41) is 8.76. The normalized spacial score (nSPS) is 15.9. The van der Waals surface area contributed by atoms with Gasteiger partial charge in [-0.1, -0.05) is 18.2 Å². The number of amides is 3. The molecular weight excluding hydrogens is 649 g/mol. The Balaban J connectivity index is 1.02. The van der Waals surface area contributed by atoms with Gasteiger partial charge in [-0.2, -0.15) is 18.3 Å². The van der Waals surface area contributed by atoms with E-state index in [9.17, 15) is 32.3 Å². The quantitative estimate of drug-likeness (QED) is 0.107. The van der Waals surface area contributed by atoms with Crippen molar-refractivity contribution in [3.63, 3.8) is 0 Å². The average Bonchev–Trinajstić information content (AvgIpc) is 3.56. The van der Waals surface area contributed by atoms with Gasteiger partial charge in [0.2, 0.25) is 11.8 Å². The smallest absolute Gasteiger partial charge is 0.396 e. The highest BCUT2D eigenvalue weighted by Gasteiger charge is 2.40. The number of piperidine rings is 1. The second kappa shape index (κ2) is 15.0. The number of aromatic nitrogens is 4. The van der Waals surface area contributed by atoms with Crippen LogP contribution >= 0.6 is 0 Å². The van der Waals surface area contributed by atoms with Crippen LogP contribution in [0.5, 0.6) is 0 Å². The van der Waals surface area contributed by atoms with Crippen LogP contribution < -0.4 is 27.8 Å². The minimum absolute atomic E-state index is 0.0110. The molecule has 0 radical (unpaired) electrons. The van der Waals surface area contributed by atoms with E-state index in [4.69, 9.17) is 20.9 Å². The van der Waals surface area contributed by atoms with Crippen molar-refractivity contribution in [3.05, 3.63) is 76.0 Å². The molecule has 1 aliphatic rings. The summed E-state index contributed by atoms with van der Waals surface area (Å²) >= 11 is 0. The monoisotopic (exact) mass is 686 g/mol. The number of carbonyl (C=O) groups is 3. The molecule has 49 heavy (non-hydrogen) atoms. The van der Waals surface area contributed by atoms with Gasteiger partial charge in [-0.3, -0.25) is 28.8 Å². The second-order valence-corrected chi connectivity index (χ2v) is 11.6. The van der Waals surface area contributed by atoms with Crippen LogP contribution in [0.1, 0.15) is 53.0 Å². The number of aryl methyl sites for hydroxylation is 2. The first-order chi connectivity index (χ1) is 23.3. The lowest BCUT2D eigenvalue weighted by Crippen LogP contribution is -2.44. The van der Waals surface area contributed by atoms with Gasteiger partial charge in [0.25, 0.3) is 5.91 Å². The zero-order valence-electron chi connectivity index (χ0n) is 26.7. The number of rotatable bonds is 15. The number of halogens is 3. The highest BCUT2D eigenvalue weighted by Crippen LogP contribution is 2.33. The molecule has 2 unspecified atom stereocenters. The molecule has 2 aromatic carbocycles. The molecule has 6 N–H and O–H groups in total. The second-order valence-electron chi connectivity index (χ2n) is 11.6. The maximum atomic E-state index is 13.8. The fourth-order valence-corrected chi connectivity index (χ4v) is 5.72. The third-order valence-corrected chi connectivity index (χ3v) is 8.19. The molecule has 0 aliphatic carbocycles. The zero-order valence-corrected chi connectivity index (χ0v) is 26.7. The molecule has 0 spiro atoms. The van der Waals surface area contributed by atoms with Crippen molar-refractivity contribution in [2.75, 3.05) is 38.7 Å². The minimum Gasteiger partial charge on any atom is -0.396 e. The van der Waals surface area contributed by atoms with E-state index >= 15 is 0 Å². The summed E-state index contributed by atoms with van der Waals surface area (Å²) in [6, 6.07) is 8.41. The Hall–Kier alpha value is -5.00. The lowest BCUT2D eigenvalue weighted by molar-refractivity contribution is -0.158. The lowest BCUT2D eigenvalue weighted by atomic mass is 10.1. The molecule has 0 saturated carbocycles. The Kier molecular flexibility index (Phi) is 10.8. The number of anilines is 1. The number of nitrogens with two attached hydrogens (primary N) is 2. The third-order valence-electron chi connectivity index (χ3n) is 8.19. The van der Waals surface area contributed by atoms with Gasteiger partial charge < -0.3 is 26.3 Å². The molecule has 1 fully saturated rings. The van der Waals surface area contributed by atoms with Crippen LogP contribution in [-0.4, -0.2) is 75.8 Å². The van der Waals surface area contributed by atoms with Gasteiger partial charge in [-0.05, 0) is 54.7 Å². The molecular formula is C32H37F3N8O6. The number of imidazole rings is 1. The van der Waals surface area contributed by atoms with Gasteiger partial charge in [-0.15, -0.1) is 0 Å². The number of fused-ring (bicyclic) bond motifs is 1. The van der Waals surface area contributed by atoms with Crippen LogP contribution in [0.2, 0.25) is 0 Å². The van der Waals surface area contributed by atoms with Crippen molar-refractivity contribution in [1.29, 1.82) is 0 Å². The fraction of sp³-hybridized carbons (Fsp3) is 0.406. The SMILES string of the molecule is Cn1c(=O)n(C2CCC(=O)NC2=O)c2ccc(CCCOCCOCCNC(c3ccc(-n4cc(N)c(C(N)=O)n4)cc3)C(F)(F)F)cc21. The van der Waals surface area contributed by atoms with E-state index in [2.05, 4.69) is 15.7 Å². The van der Waals surface area contributed by atoms with Crippen molar-refractivity contribution in [3.8, 4) is 5.69 Å². The van der Waals surface area contributed by atoms with E-state index < -0.39 is 30.1 Å². The molecule has 5 rings (SSSR count). The van der Waals surface area contributed by atoms with E-state index in [0.717, 1.165) is 5.56 Å². The summed E-state index contributed by atoms with van der Waals surface area (Å²) in [6.45, 7) is 0.877. The maximum Gasteiger partial charge on any atom is 0.407 e. The topological polar surface area (TPSA) is 191 Å². The molecule has 4 aromatic rings. The number of alkyl halides is 3. The number of benzene rings is 2. The van der Waals surface area contributed by atoms with E-state index in [1.54, 1.807) is 13.1 Å². The molecule has 2 aromatic heterocycles. The van der Waals surface area contributed by atoms with Gasteiger partial charge in [0.15, 0.2) is 5.69 Å². The molecule has 14 nitrogen and oxygen atoms in total. The number of nitrogens with zero attached hydrogens (tertiary/aromatic N) is 4. The van der Waals surface area contributed by atoms with Crippen molar-refractivity contribution >= 4 is 34.4 Å². The highest BCUT2D eigenvalue weighted by molar-refractivity contribution is 6.00. The first kappa shape index (κ1) is 35.3. The fourth-order valence-electron chi connectivity index (χ4n) is 5.72. The standard InChI is InChI=1S/C32H37F3N8O6/c1-41-25-17-19(4-9-23(25)43(31(41)47)24-10-11-26(44)39-30(24)46)3-2-13-48-15-16-49-14-12-38-28(32(33,34)35)20-5-7-21(8-6-20)42-18-22(36)27(40-42)29(37)45/h4-9,17-18,24,28,38H,2-3,10-16,36H2,1H3,(H2,37,45)(H,39,44,46). The van der Waals surface area contributed by atoms with Crippen LogP contribution in [0.25, 0.3) is 16.7 Å². The molecule has 17 heteroatoms. The third kappa shape index (κ3) is 8.18. The number of nitrogen functional groups attached to an aromatic ring is 1. The molecule has 3 heterocycles. The first-order valence-corrected chi connectivity index (χ1v) is 15.6. The summed E-state index contributed by atoms with van der Waals surface area (Å²) in [4.78, 5) is 48.2. The molecule has 1 aliphatic heterocycles. The van der Waals surface area contributed by atoms with Gasteiger partial charge in [-0.25, -0.2) is 9.48 Å². The lowest BCUT2D eigenvalue weighted by Gasteiger charge is -2.22. The molecule has 3 amide bonds. The number of ether oxygens (including phenoxy) is 2. The minimum atomic E-state index is -4.56. The summed E-state index contributed by atoms with van der Waals surface area (Å²) in [5.74, 6) is -1.65. The number of hydrogen-bond acceptors (Lipinski definition) is 9. The predicted molar refractivity (Wildman–Crippen MR) is 172 cm³/mol. The van der Waals surface area contributed by atoms with Gasteiger partial charge >= 0.3 is 11.9 Å². The van der Waals surface area contributed by atoms with Crippen LogP contribution in [-0.2, 0) is 32.5 Å². The Morgan fingerprint density at radius 3 is 2.43 bits per heavy atom. The summed E-state index contributed by atoms with van der Waals surface area (Å²) in [6.07, 6.45) is -1.42. The van der Waals surface area contributed by atoms with Crippen molar-refractivity contribution in [2.24, 2.45) is 12.8 Å². The van der Waals surface area contributed by atoms with Crippen LogP contribution in [0.4, 0.5) is 18.9 Å². The number of carbonyl (C=O) groups excluding carboxylic acids is 3. The zero-order chi connectivity index (χ0) is 35.3. The van der Waals surface area contributed by atoms with Crippen LogP contribution in [0.15, 0.2) is 53.5 Å². The summed E-state index contributed by atoms with van der Waals surface area (Å²) < 4.78 is 56.7. The maximum absolute atomic E-state index is 13.8. The van der Waals surface area contributed by atoms with Crippen molar-refractivity contribution < 1.29 is 37.0 Å². The summed E-state index contributed by atoms with van der Waals surface area (Å²) in [5.41, 5.74) is 13.2. The molecule has 1 saturated heterocycles. The van der Waals surface area contributed by atoms with Crippen molar-refractivity contribution in [2.45, 2.75) is 43.9 Å². The van der Waals surface area contributed by atoms with Gasteiger partial charge in [0.1, 0.15) is 12.1 Å². The average molecular weight is 687 g/mol. The Labute approximate surface area is 278 Å². The van der Waals surface area contributed by atoms with Crippen LogP contribution in [0.3, 0.4) is 0 Å². The van der Waals surface area contributed by atoms with Crippen LogP contribution in [0, 0.1) is 0 Å². The number of nitrogens with one attached hydrogen (secondary N) is 2. The highest BCUT2D eigenvalue weighted by atomic mass is 19.4. The van der Waals surface area contributed by atoms with Gasteiger partial charge in [0, 0.05) is 26.6 Å². The van der Waals surface area contributed by atoms with E-state index in [1.807, 2.05) is 12.1 Å². The predicted octanol–water partition coefficient (Wildman–Crippen LogP) is 2.04. The number of primary amides is 1. The van der Waals surface area contributed by atoms with Crippen molar-refractivity contribution in [1.82, 2.24) is 29.5 Å². The van der Waals surface area contributed by atoms with E-state index in [1.165, 1.54) is 44.3 Å². The first-order valence-electron chi connectivity index (χ1n) is 15.6. The summed E-state index contributed by atoms with van der Waals surface area (Å²) in [7, 11) is 1.64. The molecule has 2 atom stereocenters. The molecule has 0 bridgehead atoms. The van der Waals surface area contributed by atoms with E-state index in [-0.39, 0.29) is 67.7 Å².